The van der Waals surface area contributed by atoms with Crippen LogP contribution in [0.25, 0.3) is 10.9 Å². The molecule has 0 saturated carbocycles. The number of anilines is 1. The number of nitrogens with one attached hydrogen (secondary N) is 1. The van der Waals surface area contributed by atoms with Crippen molar-refractivity contribution >= 4 is 34.1 Å². The minimum atomic E-state index is -1.08. The predicted octanol–water partition coefficient (Wildman–Crippen LogP) is 3.14. The zero-order valence-electron chi connectivity index (χ0n) is 14.1. The number of azo groups is 1. The van der Waals surface area contributed by atoms with Crippen molar-refractivity contribution < 1.29 is 19.4 Å². The number of carbonyl (C=O) groups excluding carboxylic acids is 2. The lowest BCUT2D eigenvalue weighted by Crippen LogP contribution is -2.20. The molecule has 0 bridgehead atoms. The molecule has 0 atom stereocenters. The van der Waals surface area contributed by atoms with Crippen LogP contribution < -0.4 is 10.1 Å². The second-order valence-corrected chi connectivity index (χ2v) is 5.44. The molecule has 0 radical (unpaired) electrons. The van der Waals surface area contributed by atoms with E-state index in [-0.39, 0.29) is 11.6 Å². The van der Waals surface area contributed by atoms with Crippen molar-refractivity contribution in [3.8, 4) is 11.6 Å². The summed E-state index contributed by atoms with van der Waals surface area (Å²) in [6.07, 6.45) is 0. The molecule has 26 heavy (non-hydrogen) atoms. The highest BCUT2D eigenvalue weighted by Gasteiger charge is 2.17. The van der Waals surface area contributed by atoms with E-state index in [1.807, 2.05) is 6.07 Å². The molecule has 2 aromatic carbocycles. The fraction of sp³-hybridized carbons (Fsp3) is 0.111. The van der Waals surface area contributed by atoms with Gasteiger partial charge in [0.05, 0.1) is 12.6 Å². The van der Waals surface area contributed by atoms with Crippen LogP contribution in [0.15, 0.2) is 58.8 Å². The van der Waals surface area contributed by atoms with E-state index in [2.05, 4.69) is 15.5 Å². The molecule has 1 heterocycles. The van der Waals surface area contributed by atoms with E-state index >= 15 is 0 Å². The average Bonchev–Trinajstić information content (AvgIpc) is 2.91. The second kappa shape index (κ2) is 7.06. The number of hydrogen-bond donors (Lipinski definition) is 2. The number of hydrogen-bond acceptors (Lipinski definition) is 5. The van der Waals surface area contributed by atoms with E-state index in [9.17, 15) is 14.7 Å². The van der Waals surface area contributed by atoms with Crippen LogP contribution in [0, 0.1) is 0 Å². The van der Waals surface area contributed by atoms with Gasteiger partial charge in [0.2, 0.25) is 5.88 Å². The van der Waals surface area contributed by atoms with Crippen LogP contribution in [0.4, 0.5) is 11.4 Å². The summed E-state index contributed by atoms with van der Waals surface area (Å²) in [5.41, 5.74) is 1.29. The highest BCUT2D eigenvalue weighted by molar-refractivity contribution is 6.40. The second-order valence-electron chi connectivity index (χ2n) is 5.44. The summed E-state index contributed by atoms with van der Waals surface area (Å²) in [6, 6.07) is 13.6. The van der Waals surface area contributed by atoms with E-state index in [4.69, 9.17) is 4.74 Å². The normalized spacial score (nSPS) is 11.0. The minimum Gasteiger partial charge on any atom is -0.497 e. The molecule has 0 aliphatic rings. The maximum absolute atomic E-state index is 11.9. The van der Waals surface area contributed by atoms with Gasteiger partial charge in [-0.3, -0.25) is 9.59 Å². The van der Waals surface area contributed by atoms with Gasteiger partial charge in [-0.1, -0.05) is 18.2 Å². The molecule has 2 amide bonds. The Hall–Kier alpha value is -3.68. The molecule has 0 fully saturated rings. The molecule has 0 aliphatic carbocycles. The molecule has 3 aromatic rings. The number of aromatic nitrogens is 1. The Balaban J connectivity index is 1.77. The first-order chi connectivity index (χ1) is 12.5. The maximum atomic E-state index is 11.9. The van der Waals surface area contributed by atoms with Gasteiger partial charge in [0.25, 0.3) is 0 Å². The third-order valence-corrected chi connectivity index (χ3v) is 3.83. The molecule has 1 aromatic heterocycles. The number of ether oxygens (including phenoxy) is 1. The quantitative estimate of drug-likeness (QED) is 0.558. The Bertz CT molecular complexity index is 1010. The van der Waals surface area contributed by atoms with Crippen molar-refractivity contribution in [1.82, 2.24) is 4.57 Å². The van der Waals surface area contributed by atoms with Crippen LogP contribution in [0.2, 0.25) is 0 Å². The summed E-state index contributed by atoms with van der Waals surface area (Å²) >= 11 is 0. The summed E-state index contributed by atoms with van der Waals surface area (Å²) in [5.74, 6) is -1.52. The third-order valence-electron chi connectivity index (χ3n) is 3.83. The van der Waals surface area contributed by atoms with Gasteiger partial charge in [0, 0.05) is 18.1 Å². The molecular weight excluding hydrogens is 336 g/mol. The number of fused-ring (bicyclic) bond motifs is 1. The number of aryl methyl sites for hydroxylation is 1. The van der Waals surface area contributed by atoms with Gasteiger partial charge in [-0.2, -0.15) is 0 Å². The molecule has 132 valence electrons. The lowest BCUT2D eigenvalue weighted by molar-refractivity contribution is -0.134. The Kier molecular flexibility index (Phi) is 4.66. The van der Waals surface area contributed by atoms with Crippen LogP contribution in [-0.4, -0.2) is 28.6 Å². The van der Waals surface area contributed by atoms with E-state index in [0.29, 0.717) is 16.8 Å². The highest BCUT2D eigenvalue weighted by Crippen LogP contribution is 2.37. The largest absolute Gasteiger partial charge is 0.497 e. The van der Waals surface area contributed by atoms with Crippen molar-refractivity contribution in [3.63, 3.8) is 0 Å². The number of benzene rings is 2. The van der Waals surface area contributed by atoms with Gasteiger partial charge in [-0.15, -0.1) is 10.2 Å². The molecule has 3 rings (SSSR count). The van der Waals surface area contributed by atoms with E-state index in [1.165, 1.54) is 11.7 Å². The molecule has 8 nitrogen and oxygen atoms in total. The third kappa shape index (κ3) is 3.25. The molecule has 0 saturated heterocycles. The fourth-order valence-electron chi connectivity index (χ4n) is 2.46. The van der Waals surface area contributed by atoms with E-state index < -0.39 is 11.8 Å². The van der Waals surface area contributed by atoms with Gasteiger partial charge < -0.3 is 19.7 Å². The molecular formula is C18H16N4O4. The highest BCUT2D eigenvalue weighted by atomic mass is 16.5. The summed E-state index contributed by atoms with van der Waals surface area (Å²) in [4.78, 5) is 23.8. The summed E-state index contributed by atoms with van der Waals surface area (Å²) in [6.45, 7) is 0. The molecule has 2 N–H and O–H groups in total. The first kappa shape index (κ1) is 17.2. The standard InChI is InChI=1S/C18H16N4O4/c1-22-14-6-4-3-5-13(14)15(18(22)25)20-21-17(24)16(23)19-11-7-9-12(26-2)10-8-11/h3-10,25H,1-2H3,(H,19,23). The summed E-state index contributed by atoms with van der Waals surface area (Å²) < 4.78 is 6.54. The van der Waals surface area contributed by atoms with Crippen LogP contribution in [0.5, 0.6) is 11.6 Å². The first-order valence-corrected chi connectivity index (χ1v) is 7.68. The van der Waals surface area contributed by atoms with Crippen molar-refractivity contribution in [2.75, 3.05) is 12.4 Å². The molecule has 8 heteroatoms. The van der Waals surface area contributed by atoms with Gasteiger partial charge in [0.15, 0.2) is 5.69 Å². The SMILES string of the molecule is COc1ccc(NC(=O)C(=O)N=Nc2c(O)n(C)c3ccccc23)cc1. The van der Waals surface area contributed by atoms with Crippen molar-refractivity contribution in [3.05, 3.63) is 48.5 Å². The molecule has 0 spiro atoms. The van der Waals surface area contributed by atoms with Gasteiger partial charge in [0.1, 0.15) is 5.75 Å². The number of aromatic hydroxyl groups is 1. The van der Waals surface area contributed by atoms with Gasteiger partial charge >= 0.3 is 11.8 Å². The number of nitrogens with zero attached hydrogens (tertiary/aromatic N) is 3. The van der Waals surface area contributed by atoms with Gasteiger partial charge in [-0.25, -0.2) is 0 Å². The van der Waals surface area contributed by atoms with Gasteiger partial charge in [-0.05, 0) is 30.3 Å². The Morgan fingerprint density at radius 2 is 1.81 bits per heavy atom. The zero-order valence-corrected chi connectivity index (χ0v) is 14.1. The summed E-state index contributed by atoms with van der Waals surface area (Å²) in [7, 11) is 3.19. The van der Waals surface area contributed by atoms with Crippen molar-refractivity contribution in [2.24, 2.45) is 17.3 Å². The van der Waals surface area contributed by atoms with Crippen LogP contribution in [0.3, 0.4) is 0 Å². The average molecular weight is 352 g/mol. The number of amides is 2. The Labute approximate surface area is 148 Å². The summed E-state index contributed by atoms with van der Waals surface area (Å²) in [5, 5.41) is 20.4. The van der Waals surface area contributed by atoms with E-state index in [1.54, 1.807) is 49.5 Å². The molecule has 0 aliphatic heterocycles. The number of carbonyl (C=O) groups is 2. The first-order valence-electron chi connectivity index (χ1n) is 7.68. The van der Waals surface area contributed by atoms with Crippen LogP contribution in [-0.2, 0) is 16.6 Å². The number of para-hydroxylation sites is 1. The number of methoxy groups -OCH3 is 1. The van der Waals surface area contributed by atoms with E-state index in [0.717, 1.165) is 5.52 Å². The van der Waals surface area contributed by atoms with Crippen LogP contribution in [0.1, 0.15) is 0 Å². The number of rotatable bonds is 3. The predicted molar refractivity (Wildman–Crippen MR) is 95.7 cm³/mol. The maximum Gasteiger partial charge on any atom is 0.353 e. The topological polar surface area (TPSA) is 105 Å². The Morgan fingerprint density at radius 3 is 2.50 bits per heavy atom. The minimum absolute atomic E-state index is 0.133. The van der Waals surface area contributed by atoms with Crippen molar-refractivity contribution in [2.45, 2.75) is 0 Å². The van der Waals surface area contributed by atoms with Crippen LogP contribution >= 0.6 is 0 Å². The molecule has 0 unspecified atom stereocenters. The monoisotopic (exact) mass is 352 g/mol. The zero-order chi connectivity index (χ0) is 18.7. The smallest absolute Gasteiger partial charge is 0.353 e. The lowest BCUT2D eigenvalue weighted by atomic mass is 10.2. The van der Waals surface area contributed by atoms with Crippen molar-refractivity contribution in [1.29, 1.82) is 0 Å². The lowest BCUT2D eigenvalue weighted by Gasteiger charge is -2.03. The Morgan fingerprint density at radius 1 is 1.12 bits per heavy atom. The fourth-order valence-corrected chi connectivity index (χ4v) is 2.46.